The summed E-state index contributed by atoms with van der Waals surface area (Å²) in [6.07, 6.45) is 5.25. The first-order valence-electron chi connectivity index (χ1n) is 18.8. The van der Waals surface area contributed by atoms with Crippen LogP contribution in [0.25, 0.3) is 0 Å². The molecule has 5 aromatic rings. The molecule has 0 unspecified atom stereocenters. The van der Waals surface area contributed by atoms with Crippen molar-refractivity contribution in [1.82, 2.24) is 0 Å². The Hall–Kier alpha value is -5.89. The number of aliphatic imine (C=N–C) groups is 1. The van der Waals surface area contributed by atoms with Crippen LogP contribution in [-0.4, -0.2) is 37.2 Å². The number of carbonyl (C=O) groups is 2. The van der Waals surface area contributed by atoms with Gasteiger partial charge in [-0.05, 0) is 133 Å². The van der Waals surface area contributed by atoms with Crippen LogP contribution in [0.5, 0.6) is 17.2 Å². The molecule has 0 saturated carbocycles. The van der Waals surface area contributed by atoms with E-state index in [-0.39, 0.29) is 23.9 Å². The van der Waals surface area contributed by atoms with Crippen molar-refractivity contribution in [3.8, 4) is 17.2 Å². The zero-order valence-electron chi connectivity index (χ0n) is 31.4. The molecule has 0 aliphatic carbocycles. The van der Waals surface area contributed by atoms with E-state index in [0.717, 1.165) is 81.8 Å². The van der Waals surface area contributed by atoms with E-state index >= 15 is 0 Å². The van der Waals surface area contributed by atoms with Crippen LogP contribution in [0.2, 0.25) is 0 Å². The normalized spacial score (nSPS) is 17.9. The average molecular weight is 718 g/mol. The van der Waals surface area contributed by atoms with Gasteiger partial charge in [-0.25, -0.2) is 0 Å². The van der Waals surface area contributed by atoms with Crippen molar-refractivity contribution in [3.63, 3.8) is 0 Å². The van der Waals surface area contributed by atoms with Gasteiger partial charge in [0.15, 0.2) is 11.5 Å². The maximum atomic E-state index is 13.9. The molecule has 0 N–H and O–H groups in total. The number of fused-ring (bicyclic) bond motifs is 8. The highest BCUT2D eigenvalue weighted by Gasteiger charge is 2.38. The second kappa shape index (κ2) is 13.2. The quantitative estimate of drug-likeness (QED) is 0.168. The summed E-state index contributed by atoms with van der Waals surface area (Å²) in [6, 6.07) is 26.2. The molecular formula is C46H43N3O5. The Morgan fingerprint density at radius 2 is 1.31 bits per heavy atom. The lowest BCUT2D eigenvalue weighted by Crippen LogP contribution is -2.37. The number of hydrogen-bond donors (Lipinski definition) is 0. The van der Waals surface area contributed by atoms with Gasteiger partial charge in [0.05, 0.1) is 24.4 Å². The van der Waals surface area contributed by atoms with Crippen LogP contribution in [0.1, 0.15) is 77.2 Å². The van der Waals surface area contributed by atoms with Crippen molar-refractivity contribution in [1.29, 1.82) is 0 Å². The molecule has 0 fully saturated rings. The third-order valence-electron chi connectivity index (χ3n) is 12.0. The molecular weight excluding hydrogens is 675 g/mol. The van der Waals surface area contributed by atoms with Crippen LogP contribution in [0.3, 0.4) is 0 Å². The minimum Gasteiger partial charge on any atom is -0.493 e. The molecule has 0 aromatic heterocycles. The predicted molar refractivity (Wildman–Crippen MR) is 211 cm³/mol. The van der Waals surface area contributed by atoms with Gasteiger partial charge in [0.2, 0.25) is 0 Å². The molecule has 2 amide bonds. The summed E-state index contributed by atoms with van der Waals surface area (Å²) in [4.78, 5) is 36.4. The van der Waals surface area contributed by atoms with Crippen molar-refractivity contribution < 1.29 is 23.8 Å². The third kappa shape index (κ3) is 5.54. The lowest BCUT2D eigenvalue weighted by Gasteiger charge is -2.23. The Kier molecular flexibility index (Phi) is 8.29. The minimum absolute atomic E-state index is 0.0809. The van der Waals surface area contributed by atoms with E-state index in [1.54, 1.807) is 13.2 Å². The number of hydrogen-bond acceptors (Lipinski definition) is 6. The minimum atomic E-state index is -0.135. The van der Waals surface area contributed by atoms with Crippen LogP contribution in [0, 0.1) is 27.7 Å². The molecule has 8 heteroatoms. The Balaban J connectivity index is 0.943. The maximum Gasteiger partial charge on any atom is 0.261 e. The van der Waals surface area contributed by atoms with Crippen LogP contribution in [-0.2, 0) is 32.5 Å². The zero-order chi connectivity index (χ0) is 37.2. The van der Waals surface area contributed by atoms with Gasteiger partial charge in [-0.2, -0.15) is 0 Å². The number of anilines is 2. The van der Waals surface area contributed by atoms with Gasteiger partial charge < -0.3 is 19.1 Å². The van der Waals surface area contributed by atoms with Gasteiger partial charge in [0, 0.05) is 41.7 Å². The summed E-state index contributed by atoms with van der Waals surface area (Å²) < 4.78 is 18.8. The number of rotatable bonds is 7. The molecule has 4 heterocycles. The van der Waals surface area contributed by atoms with Crippen molar-refractivity contribution in [2.75, 3.05) is 16.9 Å². The molecule has 272 valence electrons. The molecule has 0 saturated heterocycles. The summed E-state index contributed by atoms with van der Waals surface area (Å²) in [7, 11) is 1.59. The molecule has 0 spiro atoms. The Labute approximate surface area is 316 Å². The SMILES string of the molecule is COc1cc2c(cc1OCc1cc(COc3cc4c(cc3C)C(=O)N3c5ccccc5C[C@H]3CC4)c(C)c(C)c1C)N=C[C@@H]1Cc3ccccc3N1C2=O. The van der Waals surface area contributed by atoms with E-state index < -0.39 is 0 Å². The number of benzene rings is 5. The van der Waals surface area contributed by atoms with E-state index in [9.17, 15) is 9.59 Å². The molecule has 2 atom stereocenters. The number of amides is 2. The molecule has 0 radical (unpaired) electrons. The highest BCUT2D eigenvalue weighted by atomic mass is 16.5. The van der Waals surface area contributed by atoms with Crippen LogP contribution < -0.4 is 24.0 Å². The van der Waals surface area contributed by atoms with E-state index in [1.165, 1.54) is 16.7 Å². The van der Waals surface area contributed by atoms with Gasteiger partial charge >= 0.3 is 0 Å². The predicted octanol–water partition coefficient (Wildman–Crippen LogP) is 8.89. The topological polar surface area (TPSA) is 80.7 Å². The fourth-order valence-electron chi connectivity index (χ4n) is 8.70. The summed E-state index contributed by atoms with van der Waals surface area (Å²) in [6.45, 7) is 9.09. The smallest absolute Gasteiger partial charge is 0.261 e. The van der Waals surface area contributed by atoms with Gasteiger partial charge in [0.25, 0.3) is 11.8 Å². The Bertz CT molecular complexity index is 2410. The molecule has 0 bridgehead atoms. The number of aryl methyl sites for hydroxylation is 2. The van der Waals surface area contributed by atoms with E-state index in [1.807, 2.05) is 59.3 Å². The fraction of sp³-hybridized carbons (Fsp3) is 0.283. The Morgan fingerprint density at radius 1 is 0.667 bits per heavy atom. The van der Waals surface area contributed by atoms with Gasteiger partial charge in [0.1, 0.15) is 19.0 Å². The first kappa shape index (κ1) is 33.9. The lowest BCUT2D eigenvalue weighted by atomic mass is 9.94. The number of carbonyl (C=O) groups excluding carboxylic acids is 2. The third-order valence-corrected chi connectivity index (χ3v) is 12.0. The van der Waals surface area contributed by atoms with Crippen LogP contribution in [0.15, 0.2) is 83.9 Å². The van der Waals surface area contributed by atoms with E-state index in [0.29, 0.717) is 36.0 Å². The molecule has 5 aromatic carbocycles. The van der Waals surface area contributed by atoms with Crippen molar-refractivity contribution in [2.45, 2.75) is 78.7 Å². The molecule has 8 nitrogen and oxygen atoms in total. The number of para-hydroxylation sites is 2. The number of methoxy groups -OCH3 is 1. The summed E-state index contributed by atoms with van der Waals surface area (Å²) >= 11 is 0. The largest absolute Gasteiger partial charge is 0.493 e. The second-order valence-corrected chi connectivity index (χ2v) is 15.0. The van der Waals surface area contributed by atoms with Gasteiger partial charge in [-0.3, -0.25) is 19.5 Å². The highest BCUT2D eigenvalue weighted by molar-refractivity contribution is 6.15. The second-order valence-electron chi connectivity index (χ2n) is 15.0. The average Bonchev–Trinajstić information content (AvgIpc) is 3.68. The lowest BCUT2D eigenvalue weighted by molar-refractivity contribution is 0.0975. The van der Waals surface area contributed by atoms with Gasteiger partial charge in [-0.1, -0.05) is 36.4 Å². The first-order chi connectivity index (χ1) is 26.2. The van der Waals surface area contributed by atoms with Crippen molar-refractivity contribution >= 4 is 35.1 Å². The summed E-state index contributed by atoms with van der Waals surface area (Å²) in [5.74, 6) is 1.79. The van der Waals surface area contributed by atoms with E-state index in [4.69, 9.17) is 19.2 Å². The number of nitrogens with zero attached hydrogens (tertiary/aromatic N) is 3. The first-order valence-corrected chi connectivity index (χ1v) is 18.8. The molecule has 4 aliphatic rings. The zero-order valence-corrected chi connectivity index (χ0v) is 31.4. The van der Waals surface area contributed by atoms with E-state index in [2.05, 4.69) is 57.2 Å². The fourth-order valence-corrected chi connectivity index (χ4v) is 8.70. The van der Waals surface area contributed by atoms with Crippen molar-refractivity contribution in [2.24, 2.45) is 4.99 Å². The summed E-state index contributed by atoms with van der Waals surface area (Å²) in [5.41, 5.74) is 13.8. The molecule has 54 heavy (non-hydrogen) atoms. The molecule has 4 aliphatic heterocycles. The standard InChI is InChI=1S/C46H43N3O5/c1-26-16-37-30(14-15-35-18-31-10-6-8-12-40(31)48(35)45(37)50)20-42(26)53-24-33-17-34(29(4)27(2)28(33)3)25-54-44-22-39-38(21-43(44)52-5)46(51)49-36(23-47-39)19-32-11-7-9-13-41(32)49/h6-13,16-17,20-23,35-36H,14-15,18-19,24-25H2,1-5H3/t35-,36+/m1/s1. The van der Waals surface area contributed by atoms with Crippen LogP contribution in [0.4, 0.5) is 17.1 Å². The van der Waals surface area contributed by atoms with Gasteiger partial charge in [-0.15, -0.1) is 0 Å². The Morgan fingerprint density at radius 3 is 2.04 bits per heavy atom. The highest BCUT2D eigenvalue weighted by Crippen LogP contribution is 2.42. The molecule has 9 rings (SSSR count). The van der Waals surface area contributed by atoms with Crippen molar-refractivity contribution in [3.05, 3.63) is 140 Å². The number of ether oxygens (including phenoxy) is 3. The summed E-state index contributed by atoms with van der Waals surface area (Å²) in [5, 5.41) is 0. The monoisotopic (exact) mass is 717 g/mol. The van der Waals surface area contributed by atoms with Crippen LogP contribution >= 0.6 is 0 Å². The maximum absolute atomic E-state index is 13.9.